The van der Waals surface area contributed by atoms with Crippen LogP contribution in [0.5, 0.6) is 0 Å². The number of aromatic nitrogens is 2. The average Bonchev–Trinajstić information content (AvgIpc) is 2.21. The zero-order valence-corrected chi connectivity index (χ0v) is 6.96. The fraction of sp³-hybridized carbons (Fsp3) is 0. The summed E-state index contributed by atoms with van der Waals surface area (Å²) in [5.74, 6) is 0.633. The second-order valence-corrected chi connectivity index (χ2v) is 2.53. The lowest BCUT2D eigenvalue weighted by Crippen LogP contribution is -1.92. The third-order valence-corrected chi connectivity index (χ3v) is 1.56. The lowest BCUT2D eigenvalue weighted by Gasteiger charge is -1.98. The Morgan fingerprint density at radius 2 is 1.77 bits per heavy atom. The summed E-state index contributed by atoms with van der Waals surface area (Å²) in [5.41, 5.74) is 0.892. The summed E-state index contributed by atoms with van der Waals surface area (Å²) in [6.45, 7) is 0. The Balaban J connectivity index is 2.16. The highest BCUT2D eigenvalue weighted by Crippen LogP contribution is 2.11. The van der Waals surface area contributed by atoms with E-state index in [4.69, 9.17) is 0 Å². The summed E-state index contributed by atoms with van der Waals surface area (Å²) in [6.07, 6.45) is 1.63. The van der Waals surface area contributed by atoms with E-state index in [1.165, 1.54) is 0 Å². The molecule has 0 amide bonds. The standard InChI is InChI=1S/C10H8N3/c1-2-5-9(6-3-1)12-10-7-4-8-11-13-10/h1-8H. The zero-order chi connectivity index (χ0) is 8.93. The molecule has 0 spiro atoms. The molecule has 0 bridgehead atoms. The van der Waals surface area contributed by atoms with E-state index in [9.17, 15) is 0 Å². The Bertz CT molecular complexity index is 321. The van der Waals surface area contributed by atoms with Crippen LogP contribution in [-0.2, 0) is 0 Å². The van der Waals surface area contributed by atoms with Crippen molar-refractivity contribution in [2.75, 3.05) is 0 Å². The average molecular weight is 170 g/mol. The molecule has 63 valence electrons. The topological polar surface area (TPSA) is 39.9 Å². The van der Waals surface area contributed by atoms with Gasteiger partial charge in [0.2, 0.25) is 0 Å². The predicted molar refractivity (Wildman–Crippen MR) is 49.9 cm³/mol. The lowest BCUT2D eigenvalue weighted by atomic mass is 10.3. The third kappa shape index (κ3) is 2.02. The number of nitrogens with zero attached hydrogens (tertiary/aromatic N) is 3. The maximum atomic E-state index is 4.27. The molecule has 0 saturated carbocycles. The van der Waals surface area contributed by atoms with Crippen molar-refractivity contribution in [3.63, 3.8) is 0 Å². The predicted octanol–water partition coefficient (Wildman–Crippen LogP) is 2.04. The van der Waals surface area contributed by atoms with Crippen LogP contribution in [0.25, 0.3) is 0 Å². The quantitative estimate of drug-likeness (QED) is 0.691. The third-order valence-electron chi connectivity index (χ3n) is 1.56. The first-order chi connectivity index (χ1) is 6.45. The summed E-state index contributed by atoms with van der Waals surface area (Å²) in [7, 11) is 0. The second-order valence-electron chi connectivity index (χ2n) is 2.53. The Hall–Kier alpha value is -1.90. The van der Waals surface area contributed by atoms with Crippen LogP contribution in [0.3, 0.4) is 0 Å². The van der Waals surface area contributed by atoms with Gasteiger partial charge in [0.1, 0.15) is 0 Å². The second kappa shape index (κ2) is 3.67. The van der Waals surface area contributed by atoms with E-state index >= 15 is 0 Å². The molecule has 1 aromatic carbocycles. The van der Waals surface area contributed by atoms with Crippen molar-refractivity contribution in [3.8, 4) is 0 Å². The lowest BCUT2D eigenvalue weighted by molar-refractivity contribution is 0.968. The van der Waals surface area contributed by atoms with Gasteiger partial charge in [-0.15, -0.1) is 5.10 Å². The van der Waals surface area contributed by atoms with Crippen LogP contribution in [0.15, 0.2) is 48.7 Å². The number of rotatable bonds is 2. The molecule has 2 rings (SSSR count). The molecule has 13 heavy (non-hydrogen) atoms. The molecule has 0 aliphatic heterocycles. The minimum absolute atomic E-state index is 0.633. The van der Waals surface area contributed by atoms with Crippen molar-refractivity contribution in [1.82, 2.24) is 15.5 Å². The maximum absolute atomic E-state index is 4.27. The number of para-hydroxylation sites is 1. The van der Waals surface area contributed by atoms with Gasteiger partial charge < -0.3 is 0 Å². The van der Waals surface area contributed by atoms with Crippen LogP contribution in [0, 0.1) is 0 Å². The van der Waals surface area contributed by atoms with Crippen LogP contribution < -0.4 is 5.32 Å². The first-order valence-corrected chi connectivity index (χ1v) is 4.00. The zero-order valence-electron chi connectivity index (χ0n) is 6.96. The van der Waals surface area contributed by atoms with Crippen molar-refractivity contribution in [3.05, 3.63) is 48.7 Å². The van der Waals surface area contributed by atoms with Gasteiger partial charge in [-0.1, -0.05) is 18.2 Å². The van der Waals surface area contributed by atoms with E-state index in [0.717, 1.165) is 5.69 Å². The Kier molecular flexibility index (Phi) is 2.18. The Labute approximate surface area is 76.4 Å². The highest BCUT2D eigenvalue weighted by molar-refractivity contribution is 5.43. The largest absolute Gasteiger partial charge is 0.228 e. The fourth-order valence-corrected chi connectivity index (χ4v) is 0.988. The summed E-state index contributed by atoms with van der Waals surface area (Å²) in [4.78, 5) is 0. The van der Waals surface area contributed by atoms with Crippen LogP contribution >= 0.6 is 0 Å². The molecule has 0 unspecified atom stereocenters. The van der Waals surface area contributed by atoms with Gasteiger partial charge in [0.15, 0.2) is 5.82 Å². The van der Waals surface area contributed by atoms with Crippen molar-refractivity contribution >= 4 is 11.5 Å². The van der Waals surface area contributed by atoms with Crippen LogP contribution in [0.2, 0.25) is 0 Å². The molecular formula is C10H8N3. The first kappa shape index (κ1) is 7.73. The van der Waals surface area contributed by atoms with E-state index in [-0.39, 0.29) is 0 Å². The molecule has 2 aromatic rings. The van der Waals surface area contributed by atoms with Gasteiger partial charge in [-0.3, -0.25) is 0 Å². The van der Waals surface area contributed by atoms with Gasteiger partial charge in [0, 0.05) is 6.20 Å². The highest BCUT2D eigenvalue weighted by atomic mass is 15.2. The minimum Gasteiger partial charge on any atom is -0.228 e. The smallest absolute Gasteiger partial charge is 0.174 e. The van der Waals surface area contributed by atoms with Gasteiger partial charge in [0.25, 0.3) is 0 Å². The molecular weight excluding hydrogens is 162 g/mol. The Morgan fingerprint density at radius 3 is 2.46 bits per heavy atom. The van der Waals surface area contributed by atoms with Crippen molar-refractivity contribution in [1.29, 1.82) is 0 Å². The summed E-state index contributed by atoms with van der Waals surface area (Å²) in [5, 5.41) is 11.9. The number of benzene rings is 1. The van der Waals surface area contributed by atoms with Crippen molar-refractivity contribution in [2.24, 2.45) is 0 Å². The summed E-state index contributed by atoms with van der Waals surface area (Å²) in [6, 6.07) is 13.3. The normalized spacial score (nSPS) is 9.54. The van der Waals surface area contributed by atoms with E-state index in [2.05, 4.69) is 15.5 Å². The van der Waals surface area contributed by atoms with E-state index in [1.54, 1.807) is 6.20 Å². The minimum atomic E-state index is 0.633. The van der Waals surface area contributed by atoms with E-state index in [0.29, 0.717) is 5.82 Å². The molecule has 3 nitrogen and oxygen atoms in total. The fourth-order valence-electron chi connectivity index (χ4n) is 0.988. The van der Waals surface area contributed by atoms with Gasteiger partial charge in [0.05, 0.1) is 5.69 Å². The van der Waals surface area contributed by atoms with Gasteiger partial charge >= 0.3 is 0 Å². The van der Waals surface area contributed by atoms with Gasteiger partial charge in [-0.25, -0.2) is 5.32 Å². The molecule has 0 aliphatic rings. The Morgan fingerprint density at radius 1 is 0.923 bits per heavy atom. The van der Waals surface area contributed by atoms with Gasteiger partial charge in [-0.2, -0.15) is 5.10 Å². The van der Waals surface area contributed by atoms with Crippen LogP contribution in [0.4, 0.5) is 11.5 Å². The molecule has 0 aliphatic carbocycles. The van der Waals surface area contributed by atoms with Crippen molar-refractivity contribution < 1.29 is 0 Å². The van der Waals surface area contributed by atoms with Crippen LogP contribution in [0.1, 0.15) is 0 Å². The van der Waals surface area contributed by atoms with E-state index < -0.39 is 0 Å². The molecule has 3 heteroatoms. The number of hydrogen-bond acceptors (Lipinski definition) is 2. The monoisotopic (exact) mass is 170 g/mol. The molecule has 0 saturated heterocycles. The molecule has 0 N–H and O–H groups in total. The van der Waals surface area contributed by atoms with Crippen LogP contribution in [-0.4, -0.2) is 10.2 Å². The van der Waals surface area contributed by atoms with E-state index in [1.807, 2.05) is 42.5 Å². The molecule has 1 radical (unpaired) electrons. The molecule has 1 aromatic heterocycles. The summed E-state index contributed by atoms with van der Waals surface area (Å²) < 4.78 is 0. The number of hydrogen-bond donors (Lipinski definition) is 0. The highest BCUT2D eigenvalue weighted by Gasteiger charge is 1.95. The SMILES string of the molecule is c1ccc([N]c2cccnn2)cc1. The molecule has 0 atom stereocenters. The first-order valence-electron chi connectivity index (χ1n) is 4.00. The van der Waals surface area contributed by atoms with Crippen molar-refractivity contribution in [2.45, 2.75) is 0 Å². The molecule has 0 fully saturated rings. The molecule has 1 heterocycles. The van der Waals surface area contributed by atoms with Gasteiger partial charge in [-0.05, 0) is 24.3 Å². The summed E-state index contributed by atoms with van der Waals surface area (Å²) >= 11 is 0. The maximum Gasteiger partial charge on any atom is 0.174 e.